The Balaban J connectivity index is 2.11. The third-order valence-corrected chi connectivity index (χ3v) is 4.25. The molecule has 3 atom stereocenters. The van der Waals surface area contributed by atoms with Gasteiger partial charge in [-0.3, -0.25) is 0 Å². The van der Waals surface area contributed by atoms with E-state index in [0.717, 1.165) is 22.4 Å². The SMILES string of the molecule is CCOc1ccc(Cl)cc1NC1CCC(C)CC1C. The Kier molecular flexibility index (Phi) is 4.98. The summed E-state index contributed by atoms with van der Waals surface area (Å²) in [6.45, 7) is 7.35. The molecule has 0 heterocycles. The Morgan fingerprint density at radius 2 is 2.11 bits per heavy atom. The maximum Gasteiger partial charge on any atom is 0.142 e. The summed E-state index contributed by atoms with van der Waals surface area (Å²) in [5, 5.41) is 4.39. The minimum Gasteiger partial charge on any atom is -0.492 e. The summed E-state index contributed by atoms with van der Waals surface area (Å²) >= 11 is 6.10. The Bertz CT molecular complexity index is 421. The summed E-state index contributed by atoms with van der Waals surface area (Å²) < 4.78 is 5.67. The number of hydrogen-bond donors (Lipinski definition) is 1. The zero-order valence-electron chi connectivity index (χ0n) is 12.1. The summed E-state index contributed by atoms with van der Waals surface area (Å²) in [4.78, 5) is 0. The number of rotatable bonds is 4. The van der Waals surface area contributed by atoms with Gasteiger partial charge in [-0.1, -0.05) is 25.4 Å². The molecule has 0 amide bonds. The van der Waals surface area contributed by atoms with E-state index in [1.54, 1.807) is 0 Å². The van der Waals surface area contributed by atoms with Gasteiger partial charge in [-0.15, -0.1) is 0 Å². The molecule has 0 spiro atoms. The first-order valence-corrected chi connectivity index (χ1v) is 7.66. The molecule has 2 nitrogen and oxygen atoms in total. The van der Waals surface area contributed by atoms with Crippen molar-refractivity contribution in [2.45, 2.75) is 46.1 Å². The number of halogens is 1. The molecule has 3 heteroatoms. The van der Waals surface area contributed by atoms with Gasteiger partial charge in [-0.2, -0.15) is 0 Å². The van der Waals surface area contributed by atoms with Crippen LogP contribution < -0.4 is 10.1 Å². The van der Waals surface area contributed by atoms with Gasteiger partial charge in [0.2, 0.25) is 0 Å². The molecule has 1 aliphatic rings. The molecule has 0 saturated heterocycles. The van der Waals surface area contributed by atoms with Crippen molar-refractivity contribution in [3.05, 3.63) is 23.2 Å². The Morgan fingerprint density at radius 3 is 2.79 bits per heavy atom. The van der Waals surface area contributed by atoms with Gasteiger partial charge in [0.05, 0.1) is 12.3 Å². The van der Waals surface area contributed by atoms with Gasteiger partial charge in [0, 0.05) is 11.1 Å². The molecule has 3 unspecified atom stereocenters. The highest BCUT2D eigenvalue weighted by Crippen LogP contribution is 2.34. The Labute approximate surface area is 121 Å². The Morgan fingerprint density at radius 1 is 1.32 bits per heavy atom. The highest BCUT2D eigenvalue weighted by atomic mass is 35.5. The van der Waals surface area contributed by atoms with Crippen LogP contribution in [0.1, 0.15) is 40.0 Å². The molecule has 1 aromatic carbocycles. The lowest BCUT2D eigenvalue weighted by Crippen LogP contribution is -2.33. The average Bonchev–Trinajstić information content (AvgIpc) is 2.36. The number of anilines is 1. The summed E-state index contributed by atoms with van der Waals surface area (Å²) in [7, 11) is 0. The van der Waals surface area contributed by atoms with Crippen LogP contribution in [0.3, 0.4) is 0 Å². The minimum atomic E-state index is 0.522. The molecule has 2 rings (SSSR count). The van der Waals surface area contributed by atoms with Crippen molar-refractivity contribution >= 4 is 17.3 Å². The van der Waals surface area contributed by atoms with E-state index < -0.39 is 0 Å². The van der Waals surface area contributed by atoms with Crippen molar-refractivity contribution in [2.24, 2.45) is 11.8 Å². The van der Waals surface area contributed by atoms with Crippen LogP contribution in [0.15, 0.2) is 18.2 Å². The molecular weight excluding hydrogens is 258 g/mol. The van der Waals surface area contributed by atoms with Crippen molar-refractivity contribution in [1.29, 1.82) is 0 Å². The zero-order chi connectivity index (χ0) is 13.8. The van der Waals surface area contributed by atoms with E-state index in [4.69, 9.17) is 16.3 Å². The van der Waals surface area contributed by atoms with Gasteiger partial charge < -0.3 is 10.1 Å². The van der Waals surface area contributed by atoms with Crippen LogP contribution >= 0.6 is 11.6 Å². The fourth-order valence-corrected chi connectivity index (χ4v) is 3.15. The quantitative estimate of drug-likeness (QED) is 0.841. The smallest absolute Gasteiger partial charge is 0.142 e. The standard InChI is InChI=1S/C16H24ClNO/c1-4-19-16-8-6-13(17)10-15(16)18-14-7-5-11(2)9-12(14)3/h6,8,10-12,14,18H,4-5,7,9H2,1-3H3. The highest BCUT2D eigenvalue weighted by molar-refractivity contribution is 6.30. The van der Waals surface area contributed by atoms with Crippen LogP contribution in [-0.2, 0) is 0 Å². The molecule has 19 heavy (non-hydrogen) atoms. The lowest BCUT2D eigenvalue weighted by molar-refractivity contribution is 0.275. The van der Waals surface area contributed by atoms with E-state index in [-0.39, 0.29) is 0 Å². The predicted octanol–water partition coefficient (Wildman–Crippen LogP) is 4.98. The van der Waals surface area contributed by atoms with E-state index in [9.17, 15) is 0 Å². The topological polar surface area (TPSA) is 21.3 Å². The summed E-state index contributed by atoms with van der Waals surface area (Å²) in [5.41, 5.74) is 1.03. The van der Waals surface area contributed by atoms with E-state index in [1.165, 1.54) is 19.3 Å². The predicted molar refractivity (Wildman–Crippen MR) is 82.2 cm³/mol. The second kappa shape index (κ2) is 6.51. The van der Waals surface area contributed by atoms with Crippen molar-refractivity contribution in [2.75, 3.05) is 11.9 Å². The maximum absolute atomic E-state index is 6.10. The van der Waals surface area contributed by atoms with Gasteiger partial charge in [0.15, 0.2) is 0 Å². The number of nitrogens with one attached hydrogen (secondary N) is 1. The van der Waals surface area contributed by atoms with Crippen LogP contribution in [0, 0.1) is 11.8 Å². The van der Waals surface area contributed by atoms with Crippen LogP contribution in [0.4, 0.5) is 5.69 Å². The molecule has 0 aromatic heterocycles. The van der Waals surface area contributed by atoms with Crippen LogP contribution in [0.2, 0.25) is 5.02 Å². The molecule has 106 valence electrons. The molecule has 1 aromatic rings. The zero-order valence-corrected chi connectivity index (χ0v) is 12.8. The minimum absolute atomic E-state index is 0.522. The maximum atomic E-state index is 6.10. The van der Waals surface area contributed by atoms with Gasteiger partial charge >= 0.3 is 0 Å². The molecule has 0 radical (unpaired) electrons. The summed E-state index contributed by atoms with van der Waals surface area (Å²) in [6, 6.07) is 6.32. The number of hydrogen-bond acceptors (Lipinski definition) is 2. The van der Waals surface area contributed by atoms with E-state index in [0.29, 0.717) is 18.6 Å². The van der Waals surface area contributed by atoms with Crippen LogP contribution in [0.25, 0.3) is 0 Å². The summed E-state index contributed by atoms with van der Waals surface area (Å²) in [6.07, 6.45) is 3.81. The first kappa shape index (κ1) is 14.5. The molecular formula is C16H24ClNO. The van der Waals surface area contributed by atoms with Crippen LogP contribution in [-0.4, -0.2) is 12.6 Å². The lowest BCUT2D eigenvalue weighted by Gasteiger charge is -2.34. The molecule has 0 aliphatic heterocycles. The largest absolute Gasteiger partial charge is 0.492 e. The van der Waals surface area contributed by atoms with E-state index >= 15 is 0 Å². The lowest BCUT2D eigenvalue weighted by atomic mass is 9.80. The van der Waals surface area contributed by atoms with Gasteiger partial charge in [0.25, 0.3) is 0 Å². The monoisotopic (exact) mass is 281 g/mol. The molecule has 1 fully saturated rings. The fourth-order valence-electron chi connectivity index (χ4n) is 2.98. The molecule has 0 bridgehead atoms. The normalized spacial score (nSPS) is 27.1. The number of ether oxygens (including phenoxy) is 1. The van der Waals surface area contributed by atoms with Gasteiger partial charge in [0.1, 0.15) is 5.75 Å². The molecule has 1 saturated carbocycles. The third kappa shape index (κ3) is 3.79. The fraction of sp³-hybridized carbons (Fsp3) is 0.625. The van der Waals surface area contributed by atoms with Crippen LogP contribution in [0.5, 0.6) is 5.75 Å². The van der Waals surface area contributed by atoms with E-state index in [1.807, 2.05) is 25.1 Å². The average molecular weight is 282 g/mol. The Hall–Kier alpha value is -0.890. The van der Waals surface area contributed by atoms with Crippen molar-refractivity contribution in [3.8, 4) is 5.75 Å². The molecule has 1 N–H and O–H groups in total. The second-order valence-electron chi connectivity index (χ2n) is 5.72. The third-order valence-electron chi connectivity index (χ3n) is 4.01. The van der Waals surface area contributed by atoms with Crippen molar-refractivity contribution in [3.63, 3.8) is 0 Å². The van der Waals surface area contributed by atoms with Crippen molar-refractivity contribution in [1.82, 2.24) is 0 Å². The van der Waals surface area contributed by atoms with E-state index in [2.05, 4.69) is 19.2 Å². The van der Waals surface area contributed by atoms with Gasteiger partial charge in [-0.25, -0.2) is 0 Å². The first-order chi connectivity index (χ1) is 9.10. The summed E-state index contributed by atoms with van der Waals surface area (Å²) in [5.74, 6) is 2.44. The second-order valence-corrected chi connectivity index (χ2v) is 6.16. The van der Waals surface area contributed by atoms with Crippen molar-refractivity contribution < 1.29 is 4.74 Å². The molecule has 1 aliphatic carbocycles. The highest BCUT2D eigenvalue weighted by Gasteiger charge is 2.25. The number of benzene rings is 1. The first-order valence-electron chi connectivity index (χ1n) is 7.29. The van der Waals surface area contributed by atoms with Gasteiger partial charge in [-0.05, 0) is 56.2 Å².